The fourth-order valence-corrected chi connectivity index (χ4v) is 1.17. The van der Waals surface area contributed by atoms with Crippen molar-refractivity contribution in [3.63, 3.8) is 0 Å². The van der Waals surface area contributed by atoms with E-state index in [4.69, 9.17) is 0 Å². The number of rotatable bonds is 2. The van der Waals surface area contributed by atoms with Crippen LogP contribution in [0.3, 0.4) is 0 Å². The standard InChI is InChI=1S/C9H15N/c1-3-6-9-7-4-5-8-10(9)2/h4-5,7H,3,6,8H2,1-2H3. The van der Waals surface area contributed by atoms with Crippen molar-refractivity contribution in [2.75, 3.05) is 13.6 Å². The first-order chi connectivity index (χ1) is 4.84. The molecule has 0 saturated carbocycles. The second-order valence-electron chi connectivity index (χ2n) is 2.72. The zero-order valence-corrected chi connectivity index (χ0v) is 6.80. The van der Waals surface area contributed by atoms with Gasteiger partial charge in [-0.3, -0.25) is 0 Å². The molecule has 0 saturated heterocycles. The summed E-state index contributed by atoms with van der Waals surface area (Å²) in [6.07, 6.45) is 8.97. The summed E-state index contributed by atoms with van der Waals surface area (Å²) in [4.78, 5) is 2.30. The molecule has 10 heavy (non-hydrogen) atoms. The van der Waals surface area contributed by atoms with Crippen LogP contribution in [0.25, 0.3) is 0 Å². The molecule has 0 spiro atoms. The van der Waals surface area contributed by atoms with Crippen molar-refractivity contribution in [1.29, 1.82) is 0 Å². The highest BCUT2D eigenvalue weighted by Crippen LogP contribution is 2.12. The van der Waals surface area contributed by atoms with Gasteiger partial charge in [0.15, 0.2) is 0 Å². The number of hydrogen-bond acceptors (Lipinski definition) is 1. The highest BCUT2D eigenvalue weighted by Gasteiger charge is 2.02. The Hall–Kier alpha value is -0.720. The molecule has 1 nitrogen and oxygen atoms in total. The Bertz CT molecular complexity index is 156. The SMILES string of the molecule is CCCC1=CC=CCN1C. The smallest absolute Gasteiger partial charge is 0.0356 e. The molecular formula is C9H15N. The third-order valence-corrected chi connectivity index (χ3v) is 1.80. The first-order valence-corrected chi connectivity index (χ1v) is 3.91. The number of nitrogens with zero attached hydrogens (tertiary/aromatic N) is 1. The van der Waals surface area contributed by atoms with Gasteiger partial charge in [-0.25, -0.2) is 0 Å². The predicted molar refractivity (Wildman–Crippen MR) is 44.8 cm³/mol. The molecule has 0 atom stereocenters. The highest BCUT2D eigenvalue weighted by molar-refractivity contribution is 5.16. The van der Waals surface area contributed by atoms with E-state index in [9.17, 15) is 0 Å². The molecule has 0 unspecified atom stereocenters. The summed E-state index contributed by atoms with van der Waals surface area (Å²) in [7, 11) is 2.14. The summed E-state index contributed by atoms with van der Waals surface area (Å²) in [6, 6.07) is 0. The molecular weight excluding hydrogens is 122 g/mol. The van der Waals surface area contributed by atoms with E-state index in [1.807, 2.05) is 0 Å². The number of allylic oxidation sites excluding steroid dienone is 3. The third kappa shape index (κ3) is 1.63. The van der Waals surface area contributed by atoms with Crippen molar-refractivity contribution in [1.82, 2.24) is 4.90 Å². The second-order valence-corrected chi connectivity index (χ2v) is 2.72. The minimum atomic E-state index is 1.08. The lowest BCUT2D eigenvalue weighted by molar-refractivity contribution is 0.437. The first-order valence-electron chi connectivity index (χ1n) is 3.91. The van der Waals surface area contributed by atoms with Gasteiger partial charge in [0.25, 0.3) is 0 Å². The summed E-state index contributed by atoms with van der Waals surface area (Å²) >= 11 is 0. The zero-order valence-electron chi connectivity index (χ0n) is 6.80. The molecule has 0 radical (unpaired) electrons. The lowest BCUT2D eigenvalue weighted by Gasteiger charge is -2.22. The lowest BCUT2D eigenvalue weighted by atomic mass is 10.2. The Balaban J connectivity index is 2.52. The molecule has 0 N–H and O–H groups in total. The van der Waals surface area contributed by atoms with Crippen LogP contribution in [0.2, 0.25) is 0 Å². The van der Waals surface area contributed by atoms with E-state index in [-0.39, 0.29) is 0 Å². The molecule has 56 valence electrons. The van der Waals surface area contributed by atoms with Gasteiger partial charge in [0.2, 0.25) is 0 Å². The van der Waals surface area contributed by atoms with E-state index in [2.05, 4.69) is 37.1 Å². The number of likely N-dealkylation sites (N-methyl/N-ethyl adjacent to an activating group) is 1. The normalized spacial score (nSPS) is 17.4. The minimum absolute atomic E-state index is 1.08. The van der Waals surface area contributed by atoms with Crippen LogP contribution in [0.15, 0.2) is 23.9 Å². The summed E-state index contributed by atoms with van der Waals surface area (Å²) in [6.45, 7) is 3.29. The maximum absolute atomic E-state index is 2.30. The molecule has 1 heteroatoms. The molecule has 1 heterocycles. The second kappa shape index (κ2) is 3.45. The van der Waals surface area contributed by atoms with Crippen LogP contribution < -0.4 is 0 Å². The van der Waals surface area contributed by atoms with Crippen molar-refractivity contribution >= 4 is 0 Å². The summed E-state index contributed by atoms with van der Waals surface area (Å²) in [5, 5.41) is 0. The predicted octanol–water partition coefficient (Wildman–Crippen LogP) is 2.17. The van der Waals surface area contributed by atoms with Crippen LogP contribution in [0.1, 0.15) is 19.8 Å². The van der Waals surface area contributed by atoms with E-state index < -0.39 is 0 Å². The van der Waals surface area contributed by atoms with Gasteiger partial charge < -0.3 is 4.90 Å². The molecule has 1 aliphatic heterocycles. The summed E-state index contributed by atoms with van der Waals surface area (Å²) < 4.78 is 0. The van der Waals surface area contributed by atoms with Crippen molar-refractivity contribution in [2.24, 2.45) is 0 Å². The van der Waals surface area contributed by atoms with Gasteiger partial charge in [0.1, 0.15) is 0 Å². The average Bonchev–Trinajstić information content (AvgIpc) is 1.94. The Kier molecular flexibility index (Phi) is 2.55. The van der Waals surface area contributed by atoms with Crippen molar-refractivity contribution in [3.05, 3.63) is 23.9 Å². The van der Waals surface area contributed by atoms with Gasteiger partial charge in [-0.15, -0.1) is 0 Å². The van der Waals surface area contributed by atoms with E-state index >= 15 is 0 Å². The van der Waals surface area contributed by atoms with Crippen molar-refractivity contribution in [3.8, 4) is 0 Å². The monoisotopic (exact) mass is 137 g/mol. The molecule has 0 aromatic heterocycles. The van der Waals surface area contributed by atoms with Gasteiger partial charge in [-0.05, 0) is 12.5 Å². The fourth-order valence-electron chi connectivity index (χ4n) is 1.17. The molecule has 0 amide bonds. The molecule has 1 rings (SSSR count). The maximum Gasteiger partial charge on any atom is 0.0356 e. The van der Waals surface area contributed by atoms with E-state index in [1.165, 1.54) is 18.5 Å². The van der Waals surface area contributed by atoms with E-state index in [0.717, 1.165) is 6.54 Å². The Morgan fingerprint density at radius 1 is 1.60 bits per heavy atom. The summed E-state index contributed by atoms with van der Waals surface area (Å²) in [5.41, 5.74) is 1.46. The van der Waals surface area contributed by atoms with Crippen LogP contribution in [-0.4, -0.2) is 18.5 Å². The van der Waals surface area contributed by atoms with E-state index in [1.54, 1.807) is 0 Å². The van der Waals surface area contributed by atoms with Gasteiger partial charge in [-0.2, -0.15) is 0 Å². The van der Waals surface area contributed by atoms with Gasteiger partial charge in [0.05, 0.1) is 0 Å². The van der Waals surface area contributed by atoms with E-state index in [0.29, 0.717) is 0 Å². The Labute approximate surface area is 63.0 Å². The van der Waals surface area contributed by atoms with Crippen molar-refractivity contribution < 1.29 is 0 Å². The quantitative estimate of drug-likeness (QED) is 0.564. The fraction of sp³-hybridized carbons (Fsp3) is 0.556. The van der Waals surface area contributed by atoms with Crippen LogP contribution in [0.5, 0.6) is 0 Å². The molecule has 0 aromatic carbocycles. The lowest BCUT2D eigenvalue weighted by Crippen LogP contribution is -2.19. The van der Waals surface area contributed by atoms with Crippen LogP contribution in [0, 0.1) is 0 Å². The topological polar surface area (TPSA) is 3.24 Å². The Morgan fingerprint density at radius 3 is 3.00 bits per heavy atom. The first kappa shape index (κ1) is 7.39. The largest absolute Gasteiger partial charge is 0.374 e. The van der Waals surface area contributed by atoms with Crippen LogP contribution >= 0.6 is 0 Å². The highest BCUT2D eigenvalue weighted by atomic mass is 15.1. The Morgan fingerprint density at radius 2 is 2.40 bits per heavy atom. The maximum atomic E-state index is 2.30. The van der Waals surface area contributed by atoms with Gasteiger partial charge >= 0.3 is 0 Å². The average molecular weight is 137 g/mol. The van der Waals surface area contributed by atoms with Crippen LogP contribution in [0.4, 0.5) is 0 Å². The minimum Gasteiger partial charge on any atom is -0.374 e. The van der Waals surface area contributed by atoms with Gasteiger partial charge in [-0.1, -0.05) is 25.5 Å². The summed E-state index contributed by atoms with van der Waals surface area (Å²) in [5.74, 6) is 0. The third-order valence-electron chi connectivity index (χ3n) is 1.80. The number of hydrogen-bond donors (Lipinski definition) is 0. The van der Waals surface area contributed by atoms with Crippen LogP contribution in [-0.2, 0) is 0 Å². The molecule has 0 fully saturated rings. The molecule has 0 aliphatic carbocycles. The molecule has 1 aliphatic rings. The van der Waals surface area contributed by atoms with Crippen molar-refractivity contribution in [2.45, 2.75) is 19.8 Å². The molecule has 0 aromatic rings. The molecule has 0 bridgehead atoms. The van der Waals surface area contributed by atoms with Gasteiger partial charge in [0, 0.05) is 19.3 Å². The zero-order chi connectivity index (χ0) is 7.40.